The topological polar surface area (TPSA) is 76.0 Å². The summed E-state index contributed by atoms with van der Waals surface area (Å²) in [6, 6.07) is 6.74. The lowest BCUT2D eigenvalue weighted by Crippen LogP contribution is -1.95. The van der Waals surface area contributed by atoms with Gasteiger partial charge in [-0.1, -0.05) is 12.1 Å². The lowest BCUT2D eigenvalue weighted by Gasteiger charge is -2.00. The van der Waals surface area contributed by atoms with Gasteiger partial charge < -0.3 is 5.11 Å². The normalized spacial score (nSPS) is 10.5. The van der Waals surface area contributed by atoms with E-state index in [0.717, 1.165) is 27.7 Å². The van der Waals surface area contributed by atoms with Crippen LogP contribution in [0.15, 0.2) is 42.0 Å². The van der Waals surface area contributed by atoms with Crippen molar-refractivity contribution in [2.24, 2.45) is 0 Å². The highest BCUT2D eigenvalue weighted by atomic mass is 32.1. The van der Waals surface area contributed by atoms with Crippen molar-refractivity contribution in [3.05, 3.63) is 53.3 Å². The number of aromatic nitrogens is 3. The van der Waals surface area contributed by atoms with Crippen LogP contribution < -0.4 is 0 Å². The first-order valence-electron chi connectivity index (χ1n) is 6.22. The third kappa shape index (κ3) is 2.66. The number of hydrogen-bond acceptors (Lipinski definition) is 5. The van der Waals surface area contributed by atoms with Crippen LogP contribution in [-0.2, 0) is 0 Å². The molecule has 2 aromatic heterocycles. The van der Waals surface area contributed by atoms with Gasteiger partial charge in [0, 0.05) is 23.3 Å². The zero-order valence-electron chi connectivity index (χ0n) is 11.1. The molecule has 0 saturated carbocycles. The van der Waals surface area contributed by atoms with Gasteiger partial charge in [0.1, 0.15) is 16.4 Å². The van der Waals surface area contributed by atoms with Crippen LogP contribution in [0.1, 0.15) is 16.1 Å². The third-order valence-electron chi connectivity index (χ3n) is 2.98. The number of benzene rings is 1. The predicted octanol–water partition coefficient (Wildman–Crippen LogP) is 3.27. The minimum absolute atomic E-state index is 0.250. The first kappa shape index (κ1) is 13.4. The molecule has 1 aromatic carbocycles. The van der Waals surface area contributed by atoms with Crippen LogP contribution in [-0.4, -0.2) is 26.0 Å². The highest BCUT2D eigenvalue weighted by Gasteiger charge is 2.11. The molecule has 3 rings (SSSR count). The third-order valence-corrected chi connectivity index (χ3v) is 3.88. The smallest absolute Gasteiger partial charge is 0.335 e. The van der Waals surface area contributed by atoms with Crippen LogP contribution in [0.4, 0.5) is 0 Å². The second kappa shape index (κ2) is 5.41. The zero-order chi connectivity index (χ0) is 14.8. The standard InChI is InChI=1S/C15H11N3O2S/c1-9-13(17-6-5-16-9)12-8-21-14(18-12)10-3-2-4-11(7-10)15(19)20/h2-8H,1H3,(H,19,20). The van der Waals surface area contributed by atoms with Gasteiger partial charge in [-0.3, -0.25) is 9.97 Å². The van der Waals surface area contributed by atoms with Gasteiger partial charge in [-0.05, 0) is 19.1 Å². The van der Waals surface area contributed by atoms with Crippen LogP contribution in [0, 0.1) is 6.92 Å². The molecule has 21 heavy (non-hydrogen) atoms. The van der Waals surface area contributed by atoms with Gasteiger partial charge in [-0.25, -0.2) is 9.78 Å². The van der Waals surface area contributed by atoms with Crippen molar-refractivity contribution in [1.29, 1.82) is 0 Å². The number of aryl methyl sites for hydroxylation is 1. The molecule has 6 heteroatoms. The molecule has 0 saturated heterocycles. The molecule has 0 atom stereocenters. The summed E-state index contributed by atoms with van der Waals surface area (Å²) >= 11 is 1.45. The van der Waals surface area contributed by atoms with Gasteiger partial charge in [-0.15, -0.1) is 11.3 Å². The van der Waals surface area contributed by atoms with E-state index in [1.54, 1.807) is 30.6 Å². The minimum Gasteiger partial charge on any atom is -0.478 e. The molecule has 3 aromatic rings. The van der Waals surface area contributed by atoms with Crippen molar-refractivity contribution in [2.45, 2.75) is 6.92 Å². The molecule has 5 nitrogen and oxygen atoms in total. The molecule has 0 bridgehead atoms. The van der Waals surface area contributed by atoms with E-state index in [0.29, 0.717) is 0 Å². The van der Waals surface area contributed by atoms with Crippen LogP contribution in [0.5, 0.6) is 0 Å². The van der Waals surface area contributed by atoms with Crippen molar-refractivity contribution in [1.82, 2.24) is 15.0 Å². The van der Waals surface area contributed by atoms with Crippen molar-refractivity contribution < 1.29 is 9.90 Å². The molecule has 2 heterocycles. The summed E-state index contributed by atoms with van der Waals surface area (Å²) in [5.74, 6) is -0.946. The van der Waals surface area contributed by atoms with Crippen molar-refractivity contribution in [3.8, 4) is 22.0 Å². The van der Waals surface area contributed by atoms with E-state index in [-0.39, 0.29) is 5.56 Å². The van der Waals surface area contributed by atoms with Crippen LogP contribution in [0.3, 0.4) is 0 Å². The average Bonchev–Trinajstić information content (AvgIpc) is 2.97. The Bertz CT molecular complexity index is 814. The van der Waals surface area contributed by atoms with Gasteiger partial charge in [-0.2, -0.15) is 0 Å². The van der Waals surface area contributed by atoms with Gasteiger partial charge in [0.05, 0.1) is 11.3 Å². The molecule has 0 aliphatic heterocycles. The monoisotopic (exact) mass is 297 g/mol. The number of thiazole rings is 1. The maximum Gasteiger partial charge on any atom is 0.335 e. The lowest BCUT2D eigenvalue weighted by molar-refractivity contribution is 0.0697. The van der Waals surface area contributed by atoms with Crippen molar-refractivity contribution in [2.75, 3.05) is 0 Å². The summed E-state index contributed by atoms with van der Waals surface area (Å²) in [5.41, 5.74) is 3.34. The molecule has 0 amide bonds. The van der Waals surface area contributed by atoms with E-state index >= 15 is 0 Å². The Morgan fingerprint density at radius 2 is 2.05 bits per heavy atom. The van der Waals surface area contributed by atoms with Crippen LogP contribution >= 0.6 is 11.3 Å². The molecule has 1 N–H and O–H groups in total. The Morgan fingerprint density at radius 3 is 2.81 bits per heavy atom. The summed E-state index contributed by atoms with van der Waals surface area (Å²) in [6.07, 6.45) is 3.27. The fraction of sp³-hybridized carbons (Fsp3) is 0.0667. The molecule has 0 aliphatic carbocycles. The number of rotatable bonds is 3. The maximum atomic E-state index is 11.0. The molecule has 0 unspecified atom stereocenters. The van der Waals surface area contributed by atoms with E-state index < -0.39 is 5.97 Å². The van der Waals surface area contributed by atoms with Crippen molar-refractivity contribution >= 4 is 17.3 Å². The molecular formula is C15H11N3O2S. The Morgan fingerprint density at radius 1 is 1.24 bits per heavy atom. The van der Waals surface area contributed by atoms with Crippen LogP contribution in [0.25, 0.3) is 22.0 Å². The van der Waals surface area contributed by atoms with E-state index in [1.165, 1.54) is 11.3 Å². The fourth-order valence-electron chi connectivity index (χ4n) is 1.96. The quantitative estimate of drug-likeness (QED) is 0.803. The molecule has 0 spiro atoms. The van der Waals surface area contributed by atoms with Gasteiger partial charge in [0.2, 0.25) is 0 Å². The van der Waals surface area contributed by atoms with Gasteiger partial charge in [0.15, 0.2) is 0 Å². The number of nitrogens with zero attached hydrogens (tertiary/aromatic N) is 3. The van der Waals surface area contributed by atoms with Gasteiger partial charge >= 0.3 is 5.97 Å². The molecule has 104 valence electrons. The van der Waals surface area contributed by atoms with Crippen LogP contribution in [0.2, 0.25) is 0 Å². The van der Waals surface area contributed by atoms with E-state index in [2.05, 4.69) is 15.0 Å². The Kier molecular flexibility index (Phi) is 3.45. The summed E-state index contributed by atoms with van der Waals surface area (Å²) < 4.78 is 0. The first-order valence-corrected chi connectivity index (χ1v) is 7.10. The fourth-order valence-corrected chi connectivity index (χ4v) is 2.76. The number of hydrogen-bond donors (Lipinski definition) is 1. The second-order valence-corrected chi connectivity index (χ2v) is 5.27. The molecule has 0 aliphatic rings. The highest BCUT2D eigenvalue weighted by molar-refractivity contribution is 7.13. The van der Waals surface area contributed by atoms with Crippen molar-refractivity contribution in [3.63, 3.8) is 0 Å². The Labute approximate surface area is 125 Å². The Balaban J connectivity index is 2.01. The summed E-state index contributed by atoms with van der Waals surface area (Å²) in [6.45, 7) is 1.88. The first-order chi connectivity index (χ1) is 10.1. The SMILES string of the molecule is Cc1nccnc1-c1csc(-c2cccc(C(=O)O)c2)n1. The summed E-state index contributed by atoms with van der Waals surface area (Å²) in [4.78, 5) is 24.0. The molecular weight excluding hydrogens is 286 g/mol. The number of carboxylic acid groups (broad SMARTS) is 1. The van der Waals surface area contributed by atoms with E-state index in [4.69, 9.17) is 5.11 Å². The Hall–Kier alpha value is -2.60. The summed E-state index contributed by atoms with van der Waals surface area (Å²) in [5, 5.41) is 11.7. The van der Waals surface area contributed by atoms with E-state index in [9.17, 15) is 4.79 Å². The largest absolute Gasteiger partial charge is 0.478 e. The molecule has 0 radical (unpaired) electrons. The minimum atomic E-state index is -0.946. The highest BCUT2D eigenvalue weighted by Crippen LogP contribution is 2.29. The molecule has 0 fully saturated rings. The maximum absolute atomic E-state index is 11.0. The lowest BCUT2D eigenvalue weighted by atomic mass is 10.1. The van der Waals surface area contributed by atoms with Gasteiger partial charge in [0.25, 0.3) is 0 Å². The predicted molar refractivity (Wildman–Crippen MR) is 80.3 cm³/mol. The number of carbonyl (C=O) groups is 1. The average molecular weight is 297 g/mol. The van der Waals surface area contributed by atoms with E-state index in [1.807, 2.05) is 18.4 Å². The second-order valence-electron chi connectivity index (χ2n) is 4.41. The zero-order valence-corrected chi connectivity index (χ0v) is 12.0. The number of carboxylic acids is 1. The summed E-state index contributed by atoms with van der Waals surface area (Å²) in [7, 11) is 0. The number of aromatic carboxylic acids is 1.